The van der Waals surface area contributed by atoms with Crippen LogP contribution in [-0.4, -0.2) is 35.3 Å². The molecule has 0 amide bonds. The Morgan fingerprint density at radius 1 is 1.08 bits per heavy atom. The summed E-state index contributed by atoms with van der Waals surface area (Å²) in [6.07, 6.45) is 6.39. The molecule has 1 aliphatic carbocycles. The molecule has 26 heavy (non-hydrogen) atoms. The number of rotatable bonds is 7. The molecule has 1 aromatic heterocycles. The van der Waals surface area contributed by atoms with Gasteiger partial charge in [-0.3, -0.25) is 0 Å². The normalized spacial score (nSPS) is 20.5. The van der Waals surface area contributed by atoms with Crippen LogP contribution < -0.4 is 5.32 Å². The molecule has 2 fully saturated rings. The molecule has 0 radical (unpaired) electrons. The van der Waals surface area contributed by atoms with Gasteiger partial charge in [-0.1, -0.05) is 30.3 Å². The van der Waals surface area contributed by atoms with Gasteiger partial charge in [-0.25, -0.2) is 9.97 Å². The maximum atomic E-state index is 6.52. The van der Waals surface area contributed by atoms with E-state index >= 15 is 0 Å². The molecule has 0 bridgehead atoms. The lowest BCUT2D eigenvalue weighted by Crippen LogP contribution is -2.33. The van der Waals surface area contributed by atoms with Gasteiger partial charge in [0, 0.05) is 25.3 Å². The van der Waals surface area contributed by atoms with E-state index in [4.69, 9.17) is 14.5 Å². The predicted molar refractivity (Wildman–Crippen MR) is 101 cm³/mol. The van der Waals surface area contributed by atoms with Crippen molar-refractivity contribution >= 4 is 5.82 Å². The van der Waals surface area contributed by atoms with Crippen LogP contribution in [0.2, 0.25) is 0 Å². The van der Waals surface area contributed by atoms with Gasteiger partial charge in [0.15, 0.2) is 0 Å². The summed E-state index contributed by atoms with van der Waals surface area (Å²) < 4.78 is 12.0. The monoisotopic (exact) mass is 353 g/mol. The molecule has 1 saturated carbocycles. The summed E-state index contributed by atoms with van der Waals surface area (Å²) in [7, 11) is 0. The summed E-state index contributed by atoms with van der Waals surface area (Å²) in [6.45, 7) is 3.73. The second kappa shape index (κ2) is 8.14. The molecular formula is C21H27N3O2. The van der Waals surface area contributed by atoms with Gasteiger partial charge in [-0.2, -0.15) is 0 Å². The third-order valence-electron chi connectivity index (χ3n) is 5.08. The standard InChI is InChI=1S/C21H27N3O2/c1-15(23-19-9-12-22-21(24-19)17-7-8-17)20(16-5-3-2-4-6-16)26-18-10-13-25-14-11-18/h2-6,9,12,15,17-18,20H,7-8,10-11,13-14H2,1H3,(H,22,23,24). The van der Waals surface area contributed by atoms with E-state index in [0.29, 0.717) is 5.92 Å². The lowest BCUT2D eigenvalue weighted by atomic mass is 10.0. The van der Waals surface area contributed by atoms with E-state index in [9.17, 15) is 0 Å². The van der Waals surface area contributed by atoms with Gasteiger partial charge >= 0.3 is 0 Å². The van der Waals surface area contributed by atoms with E-state index < -0.39 is 0 Å². The molecule has 1 aliphatic heterocycles. The first-order chi connectivity index (χ1) is 12.8. The molecule has 2 aromatic rings. The molecule has 1 saturated heterocycles. The highest BCUT2D eigenvalue weighted by molar-refractivity contribution is 5.36. The molecular weight excluding hydrogens is 326 g/mol. The fourth-order valence-electron chi connectivity index (χ4n) is 3.45. The van der Waals surface area contributed by atoms with Crippen LogP contribution in [0.4, 0.5) is 5.82 Å². The summed E-state index contributed by atoms with van der Waals surface area (Å²) in [6, 6.07) is 12.5. The second-order valence-electron chi connectivity index (χ2n) is 7.29. The smallest absolute Gasteiger partial charge is 0.133 e. The first-order valence-corrected chi connectivity index (χ1v) is 9.67. The topological polar surface area (TPSA) is 56.3 Å². The fourth-order valence-corrected chi connectivity index (χ4v) is 3.45. The summed E-state index contributed by atoms with van der Waals surface area (Å²) in [5.74, 6) is 2.39. The molecule has 1 N–H and O–H groups in total. The Morgan fingerprint density at radius 2 is 1.85 bits per heavy atom. The minimum Gasteiger partial charge on any atom is -0.381 e. The minimum atomic E-state index is -0.0290. The van der Waals surface area contributed by atoms with Crippen molar-refractivity contribution < 1.29 is 9.47 Å². The van der Waals surface area contributed by atoms with Crippen LogP contribution in [0.25, 0.3) is 0 Å². The molecule has 5 nitrogen and oxygen atoms in total. The first kappa shape index (κ1) is 17.4. The van der Waals surface area contributed by atoms with Crippen molar-refractivity contribution in [1.29, 1.82) is 0 Å². The zero-order valence-electron chi connectivity index (χ0n) is 15.3. The van der Waals surface area contributed by atoms with Gasteiger partial charge in [0.25, 0.3) is 0 Å². The molecule has 2 atom stereocenters. The molecule has 2 heterocycles. The zero-order valence-corrected chi connectivity index (χ0v) is 15.3. The van der Waals surface area contributed by atoms with Gasteiger partial charge in [-0.05, 0) is 44.2 Å². The summed E-state index contributed by atoms with van der Waals surface area (Å²) in [5.41, 5.74) is 1.19. The highest BCUT2D eigenvalue weighted by atomic mass is 16.5. The first-order valence-electron chi connectivity index (χ1n) is 9.67. The number of hydrogen-bond acceptors (Lipinski definition) is 5. The van der Waals surface area contributed by atoms with Crippen LogP contribution in [0.3, 0.4) is 0 Å². The molecule has 2 aliphatic rings. The second-order valence-corrected chi connectivity index (χ2v) is 7.29. The highest BCUT2D eigenvalue weighted by Gasteiger charge is 2.28. The summed E-state index contributed by atoms with van der Waals surface area (Å²) in [5, 5.41) is 3.55. The Labute approximate surface area is 155 Å². The highest BCUT2D eigenvalue weighted by Crippen LogP contribution is 2.38. The summed E-state index contributed by atoms with van der Waals surface area (Å²) >= 11 is 0. The van der Waals surface area contributed by atoms with E-state index in [2.05, 4.69) is 41.5 Å². The Morgan fingerprint density at radius 3 is 2.58 bits per heavy atom. The van der Waals surface area contributed by atoms with Crippen LogP contribution in [0, 0.1) is 0 Å². The van der Waals surface area contributed by atoms with Crippen LogP contribution in [0.15, 0.2) is 42.6 Å². The molecule has 4 rings (SSSR count). The number of anilines is 1. The quantitative estimate of drug-likeness (QED) is 0.812. The number of ether oxygens (including phenoxy) is 2. The van der Waals surface area contributed by atoms with Gasteiger partial charge in [0.05, 0.1) is 12.1 Å². The van der Waals surface area contributed by atoms with E-state index in [1.54, 1.807) is 0 Å². The van der Waals surface area contributed by atoms with Crippen LogP contribution >= 0.6 is 0 Å². The maximum absolute atomic E-state index is 6.52. The van der Waals surface area contributed by atoms with Crippen molar-refractivity contribution in [3.05, 3.63) is 54.0 Å². The lowest BCUT2D eigenvalue weighted by Gasteiger charge is -2.32. The lowest BCUT2D eigenvalue weighted by molar-refractivity contribution is -0.0739. The summed E-state index contributed by atoms with van der Waals surface area (Å²) in [4.78, 5) is 9.11. The van der Waals surface area contributed by atoms with Crippen molar-refractivity contribution in [1.82, 2.24) is 9.97 Å². The number of hydrogen-bond donors (Lipinski definition) is 1. The molecule has 138 valence electrons. The molecule has 1 aromatic carbocycles. The third-order valence-corrected chi connectivity index (χ3v) is 5.08. The number of aromatic nitrogens is 2. The Hall–Kier alpha value is -1.98. The Balaban J connectivity index is 1.49. The SMILES string of the molecule is CC(Nc1ccnc(C2CC2)n1)C(OC1CCOCC1)c1ccccc1. The van der Waals surface area contributed by atoms with Crippen LogP contribution in [0.1, 0.15) is 56.0 Å². The van der Waals surface area contributed by atoms with E-state index in [1.807, 2.05) is 18.3 Å². The fraction of sp³-hybridized carbons (Fsp3) is 0.524. The minimum absolute atomic E-state index is 0.0290. The van der Waals surface area contributed by atoms with Crippen molar-refractivity contribution in [2.24, 2.45) is 0 Å². The molecule has 0 spiro atoms. The van der Waals surface area contributed by atoms with Crippen LogP contribution in [-0.2, 0) is 9.47 Å². The average molecular weight is 353 g/mol. The van der Waals surface area contributed by atoms with Crippen molar-refractivity contribution in [2.45, 2.75) is 56.8 Å². The van der Waals surface area contributed by atoms with Crippen LogP contribution in [0.5, 0.6) is 0 Å². The van der Waals surface area contributed by atoms with E-state index in [1.165, 1.54) is 18.4 Å². The van der Waals surface area contributed by atoms with E-state index in [0.717, 1.165) is 37.7 Å². The van der Waals surface area contributed by atoms with Gasteiger partial charge < -0.3 is 14.8 Å². The van der Waals surface area contributed by atoms with Crippen molar-refractivity contribution in [2.75, 3.05) is 18.5 Å². The Kier molecular flexibility index (Phi) is 5.46. The molecule has 5 heteroatoms. The van der Waals surface area contributed by atoms with Gasteiger partial charge in [-0.15, -0.1) is 0 Å². The predicted octanol–water partition coefficient (Wildman–Crippen LogP) is 4.09. The van der Waals surface area contributed by atoms with Crippen molar-refractivity contribution in [3.63, 3.8) is 0 Å². The van der Waals surface area contributed by atoms with Gasteiger partial charge in [0.2, 0.25) is 0 Å². The molecule has 2 unspecified atom stereocenters. The van der Waals surface area contributed by atoms with Crippen molar-refractivity contribution in [3.8, 4) is 0 Å². The number of benzene rings is 1. The average Bonchev–Trinajstić information content (AvgIpc) is 3.53. The largest absolute Gasteiger partial charge is 0.381 e. The number of nitrogens with one attached hydrogen (secondary N) is 1. The zero-order chi connectivity index (χ0) is 17.8. The Bertz CT molecular complexity index is 699. The maximum Gasteiger partial charge on any atom is 0.133 e. The number of nitrogens with zero attached hydrogens (tertiary/aromatic N) is 2. The third kappa shape index (κ3) is 4.40. The van der Waals surface area contributed by atoms with Gasteiger partial charge in [0.1, 0.15) is 17.7 Å². The van der Waals surface area contributed by atoms with E-state index in [-0.39, 0.29) is 18.2 Å².